The third-order valence-corrected chi connectivity index (χ3v) is 6.05. The van der Waals surface area contributed by atoms with Crippen molar-refractivity contribution in [1.82, 2.24) is 0 Å². The molecule has 2 heterocycles. The van der Waals surface area contributed by atoms with Crippen molar-refractivity contribution in [3.63, 3.8) is 0 Å². The third-order valence-electron chi connectivity index (χ3n) is 4.74. The molecule has 0 spiro atoms. The van der Waals surface area contributed by atoms with Crippen molar-refractivity contribution in [3.8, 4) is 11.5 Å². The lowest BCUT2D eigenvalue weighted by Crippen LogP contribution is -2.27. The van der Waals surface area contributed by atoms with Gasteiger partial charge in [-0.2, -0.15) is 0 Å². The zero-order chi connectivity index (χ0) is 20.2. The summed E-state index contributed by atoms with van der Waals surface area (Å²) < 4.78 is 17.1. The Morgan fingerprint density at radius 2 is 2.07 bits per heavy atom. The van der Waals surface area contributed by atoms with E-state index >= 15 is 0 Å². The Balaban J connectivity index is 1.45. The predicted molar refractivity (Wildman–Crippen MR) is 120 cm³/mol. The number of thiocarbonyl (C=S) groups is 1. The van der Waals surface area contributed by atoms with E-state index in [9.17, 15) is 4.79 Å². The smallest absolute Gasteiger partial charge is 0.270 e. The van der Waals surface area contributed by atoms with Crippen LogP contribution in [0.2, 0.25) is 0 Å². The number of hydrogen-bond acceptors (Lipinski definition) is 6. The second-order valence-electron chi connectivity index (χ2n) is 6.73. The number of thioether (sulfide) groups is 1. The summed E-state index contributed by atoms with van der Waals surface area (Å²) in [4.78, 5) is 15.0. The van der Waals surface area contributed by atoms with Crippen LogP contribution in [-0.4, -0.2) is 36.7 Å². The molecule has 1 unspecified atom stereocenters. The minimum atomic E-state index is -0.132. The molecular weight excluding hydrogens is 406 g/mol. The minimum absolute atomic E-state index is 0.132. The van der Waals surface area contributed by atoms with Crippen LogP contribution < -0.4 is 14.4 Å². The summed E-state index contributed by atoms with van der Waals surface area (Å²) in [6.45, 7) is 1.39. The number of hydrogen-bond donors (Lipinski definition) is 0. The molecule has 2 fully saturated rings. The molecule has 1 amide bonds. The van der Waals surface area contributed by atoms with Crippen molar-refractivity contribution in [2.24, 2.45) is 0 Å². The molecule has 0 aromatic heterocycles. The van der Waals surface area contributed by atoms with Gasteiger partial charge in [-0.05, 0) is 48.7 Å². The molecule has 2 aliphatic rings. The zero-order valence-corrected chi connectivity index (χ0v) is 17.6. The van der Waals surface area contributed by atoms with Gasteiger partial charge in [-0.3, -0.25) is 9.69 Å². The Morgan fingerprint density at radius 3 is 2.79 bits per heavy atom. The van der Waals surface area contributed by atoms with E-state index in [1.807, 2.05) is 48.5 Å². The number of nitrogens with zero attached hydrogens (tertiary/aromatic N) is 1. The van der Waals surface area contributed by atoms with Crippen molar-refractivity contribution in [1.29, 1.82) is 0 Å². The lowest BCUT2D eigenvalue weighted by Gasteiger charge is -2.15. The number of anilines is 1. The van der Waals surface area contributed by atoms with E-state index in [-0.39, 0.29) is 12.0 Å². The predicted octanol–water partition coefficient (Wildman–Crippen LogP) is 4.66. The van der Waals surface area contributed by atoms with Gasteiger partial charge in [-0.15, -0.1) is 0 Å². The number of rotatable bonds is 6. The number of benzene rings is 2. The molecule has 0 aliphatic carbocycles. The quantitative estimate of drug-likeness (QED) is 0.494. The number of carbonyl (C=O) groups excluding carboxylic acids is 1. The number of methoxy groups -OCH3 is 1. The molecule has 150 valence electrons. The van der Waals surface area contributed by atoms with E-state index in [0.717, 1.165) is 30.8 Å². The van der Waals surface area contributed by atoms with Gasteiger partial charge in [0.05, 0.1) is 23.8 Å². The summed E-state index contributed by atoms with van der Waals surface area (Å²) in [5, 5.41) is 0. The van der Waals surface area contributed by atoms with Gasteiger partial charge in [0, 0.05) is 12.7 Å². The molecule has 2 aliphatic heterocycles. The fraction of sp³-hybridized carbons (Fsp3) is 0.273. The number of ether oxygens (including phenoxy) is 3. The fourth-order valence-corrected chi connectivity index (χ4v) is 4.52. The summed E-state index contributed by atoms with van der Waals surface area (Å²) in [7, 11) is 1.59. The van der Waals surface area contributed by atoms with Crippen LogP contribution in [0, 0.1) is 0 Å². The molecule has 2 saturated heterocycles. The van der Waals surface area contributed by atoms with Crippen molar-refractivity contribution >= 4 is 46.0 Å². The van der Waals surface area contributed by atoms with Gasteiger partial charge in [0.1, 0.15) is 18.1 Å². The molecule has 2 aromatic carbocycles. The van der Waals surface area contributed by atoms with Gasteiger partial charge in [-0.25, -0.2) is 0 Å². The van der Waals surface area contributed by atoms with Crippen molar-refractivity contribution in [2.75, 3.05) is 25.2 Å². The average Bonchev–Trinajstić information content (AvgIpc) is 3.35. The highest BCUT2D eigenvalue weighted by Gasteiger charge is 2.33. The van der Waals surface area contributed by atoms with Crippen molar-refractivity contribution in [3.05, 3.63) is 59.0 Å². The first-order valence-electron chi connectivity index (χ1n) is 9.40. The Labute approximate surface area is 179 Å². The first-order valence-corrected chi connectivity index (χ1v) is 10.6. The maximum Gasteiger partial charge on any atom is 0.270 e. The standard InChI is InChI=1S/C22H21NO4S2/c1-25-18-5-2-4-16(13-18)23-21(24)20(29-22(23)28)12-15-7-9-17(10-8-15)27-14-19-6-3-11-26-19/h2,4-5,7-10,12-13,19H,3,6,11,14H2,1H3/b20-12+. The second-order valence-corrected chi connectivity index (χ2v) is 8.41. The highest BCUT2D eigenvalue weighted by molar-refractivity contribution is 8.27. The summed E-state index contributed by atoms with van der Waals surface area (Å²) >= 11 is 6.73. The van der Waals surface area contributed by atoms with E-state index < -0.39 is 0 Å². The number of carbonyl (C=O) groups is 1. The average molecular weight is 428 g/mol. The molecule has 4 rings (SSSR count). The minimum Gasteiger partial charge on any atom is -0.497 e. The summed E-state index contributed by atoms with van der Waals surface area (Å²) in [5.74, 6) is 1.34. The van der Waals surface area contributed by atoms with E-state index in [1.165, 1.54) is 16.7 Å². The van der Waals surface area contributed by atoms with Crippen molar-refractivity contribution < 1.29 is 19.0 Å². The lowest BCUT2D eigenvalue weighted by atomic mass is 10.2. The molecule has 2 aromatic rings. The Kier molecular flexibility index (Phi) is 6.18. The zero-order valence-electron chi connectivity index (χ0n) is 16.0. The SMILES string of the molecule is COc1cccc(N2C(=O)/C(=C\c3ccc(OCC4CCCO4)cc3)SC2=S)c1. The van der Waals surface area contributed by atoms with E-state index in [4.69, 9.17) is 26.4 Å². The number of amides is 1. The van der Waals surface area contributed by atoms with E-state index in [1.54, 1.807) is 13.2 Å². The lowest BCUT2D eigenvalue weighted by molar-refractivity contribution is -0.113. The van der Waals surface area contributed by atoms with Gasteiger partial charge in [0.15, 0.2) is 4.32 Å². The van der Waals surface area contributed by atoms with Gasteiger partial charge in [0.2, 0.25) is 0 Å². The Hall–Kier alpha value is -2.35. The van der Waals surface area contributed by atoms with Gasteiger partial charge >= 0.3 is 0 Å². The summed E-state index contributed by atoms with van der Waals surface area (Å²) in [6.07, 6.45) is 4.19. The maximum absolute atomic E-state index is 12.9. The molecule has 5 nitrogen and oxygen atoms in total. The first kappa shape index (κ1) is 19.9. The second kappa shape index (κ2) is 8.98. The highest BCUT2D eigenvalue weighted by atomic mass is 32.2. The molecular formula is C22H21NO4S2. The van der Waals surface area contributed by atoms with Crippen LogP contribution in [0.25, 0.3) is 6.08 Å². The van der Waals surface area contributed by atoms with Crippen LogP contribution in [0.5, 0.6) is 11.5 Å². The molecule has 7 heteroatoms. The summed E-state index contributed by atoms with van der Waals surface area (Å²) in [5.41, 5.74) is 1.62. The normalized spacial score (nSPS) is 20.5. The van der Waals surface area contributed by atoms with Gasteiger partial charge in [0.25, 0.3) is 5.91 Å². The maximum atomic E-state index is 12.9. The molecule has 0 bridgehead atoms. The van der Waals surface area contributed by atoms with Gasteiger partial charge < -0.3 is 14.2 Å². The van der Waals surface area contributed by atoms with E-state index in [0.29, 0.717) is 27.3 Å². The first-order chi connectivity index (χ1) is 14.1. The van der Waals surface area contributed by atoms with Crippen LogP contribution in [0.3, 0.4) is 0 Å². The third kappa shape index (κ3) is 4.63. The van der Waals surface area contributed by atoms with Crippen LogP contribution in [-0.2, 0) is 9.53 Å². The van der Waals surface area contributed by atoms with Gasteiger partial charge in [-0.1, -0.05) is 42.2 Å². The largest absolute Gasteiger partial charge is 0.497 e. The highest BCUT2D eigenvalue weighted by Crippen LogP contribution is 2.37. The van der Waals surface area contributed by atoms with Crippen LogP contribution in [0.1, 0.15) is 18.4 Å². The Bertz CT molecular complexity index is 936. The summed E-state index contributed by atoms with van der Waals surface area (Å²) in [6, 6.07) is 15.0. The van der Waals surface area contributed by atoms with Crippen LogP contribution >= 0.6 is 24.0 Å². The monoisotopic (exact) mass is 427 g/mol. The molecule has 1 atom stereocenters. The van der Waals surface area contributed by atoms with Crippen LogP contribution in [0.4, 0.5) is 5.69 Å². The molecule has 0 saturated carbocycles. The molecule has 0 N–H and O–H groups in total. The van der Waals surface area contributed by atoms with Crippen LogP contribution in [0.15, 0.2) is 53.4 Å². The molecule has 0 radical (unpaired) electrons. The van der Waals surface area contributed by atoms with E-state index in [2.05, 4.69) is 0 Å². The topological polar surface area (TPSA) is 48.0 Å². The fourth-order valence-electron chi connectivity index (χ4n) is 3.22. The molecule has 29 heavy (non-hydrogen) atoms. The van der Waals surface area contributed by atoms with Crippen molar-refractivity contribution in [2.45, 2.75) is 18.9 Å². The Morgan fingerprint density at radius 1 is 1.24 bits per heavy atom.